The number of ether oxygens (including phenoxy) is 3. The molecule has 2 aromatic carbocycles. The number of anilines is 1. The van der Waals surface area contributed by atoms with Gasteiger partial charge in [0.05, 0.1) is 22.3 Å². The third-order valence-electron chi connectivity index (χ3n) is 8.93. The number of thiazole rings is 1. The van der Waals surface area contributed by atoms with Crippen LogP contribution in [0.1, 0.15) is 68.5 Å². The number of nitriles is 1. The van der Waals surface area contributed by atoms with Crippen LogP contribution in [0, 0.1) is 23.0 Å². The molecule has 0 fully saturated rings. The van der Waals surface area contributed by atoms with Crippen LogP contribution in [0.2, 0.25) is 0 Å². The van der Waals surface area contributed by atoms with E-state index in [4.69, 9.17) is 24.5 Å². The van der Waals surface area contributed by atoms with E-state index in [1.807, 2.05) is 0 Å². The highest BCUT2D eigenvalue weighted by atomic mass is 32.1. The second-order valence-corrected chi connectivity index (χ2v) is 15.3. The molecular formula is C40H43F2N8O7S+. The number of hydrogen-bond donors (Lipinski definition) is 1. The summed E-state index contributed by atoms with van der Waals surface area (Å²) in [4.78, 5) is 49.3. The second-order valence-electron chi connectivity index (χ2n) is 14.4. The molecular weight excluding hydrogens is 775 g/mol. The van der Waals surface area contributed by atoms with Crippen LogP contribution < -0.4 is 9.47 Å². The number of aliphatic hydroxyl groups is 1. The SMILES string of the molecule is CC(OC(=O)N(C)c1ncccc1COC(=O)CN(C)C(=O)OC(C)(C)C)[n+]1cnn(CC(O)(c2cc(F)ccc2F)[C@@H](C)c2nc(-c3ccc(C#N)cc3)cs2)c1. The molecule has 0 radical (unpaired) electrons. The molecule has 0 bridgehead atoms. The molecule has 3 atom stereocenters. The molecule has 0 saturated heterocycles. The van der Waals surface area contributed by atoms with Gasteiger partial charge in [-0.1, -0.05) is 25.1 Å². The zero-order chi connectivity index (χ0) is 42.4. The van der Waals surface area contributed by atoms with Gasteiger partial charge in [-0.25, -0.2) is 28.3 Å². The Morgan fingerprint density at radius 1 is 1.07 bits per heavy atom. The fourth-order valence-corrected chi connectivity index (χ4v) is 6.67. The first-order chi connectivity index (χ1) is 27.4. The predicted octanol–water partition coefficient (Wildman–Crippen LogP) is 6.23. The molecule has 2 amide bonds. The predicted molar refractivity (Wildman–Crippen MR) is 206 cm³/mol. The Bertz CT molecular complexity index is 2310. The molecule has 5 rings (SSSR count). The van der Waals surface area contributed by atoms with Crippen LogP contribution in [0.4, 0.5) is 24.2 Å². The standard InChI is InChI=1S/C40H43F2N8O7S/c1-25(36-46-33(21-58-36)28-12-10-27(18-43)11-13-28)40(54,31-17-30(41)14-15-32(31)42)22-50-24-49(23-45-50)26(2)56-38(53)48(7)35-29(9-8-16-44-35)20-55-34(51)19-47(6)37(52)57-39(3,4)5/h8-17,21,23-26,54H,19-20,22H2,1-7H3/q+1/t25-,26?,40?/m0/s1. The van der Waals surface area contributed by atoms with Crippen molar-refractivity contribution in [2.45, 2.75) is 71.1 Å². The van der Waals surface area contributed by atoms with Crippen molar-refractivity contribution in [2.24, 2.45) is 0 Å². The van der Waals surface area contributed by atoms with E-state index in [1.54, 1.807) is 76.4 Å². The lowest BCUT2D eigenvalue weighted by Gasteiger charge is -2.32. The summed E-state index contributed by atoms with van der Waals surface area (Å²) in [6.07, 6.45) is 1.77. The summed E-state index contributed by atoms with van der Waals surface area (Å²) in [5, 5.41) is 28.0. The Morgan fingerprint density at radius 3 is 2.48 bits per heavy atom. The minimum absolute atomic E-state index is 0.148. The van der Waals surface area contributed by atoms with Crippen molar-refractivity contribution in [3.8, 4) is 17.3 Å². The number of hydrogen-bond acceptors (Lipinski definition) is 12. The van der Waals surface area contributed by atoms with Gasteiger partial charge < -0.3 is 24.2 Å². The van der Waals surface area contributed by atoms with E-state index in [9.17, 15) is 23.9 Å². The number of nitrogens with zero attached hydrogens (tertiary/aromatic N) is 8. The molecule has 58 heavy (non-hydrogen) atoms. The van der Waals surface area contributed by atoms with E-state index in [0.29, 0.717) is 21.8 Å². The van der Waals surface area contributed by atoms with Gasteiger partial charge in [-0.3, -0.25) is 9.69 Å². The van der Waals surface area contributed by atoms with Crippen molar-refractivity contribution in [2.75, 3.05) is 25.5 Å². The summed E-state index contributed by atoms with van der Waals surface area (Å²) in [5.41, 5.74) is -0.932. The lowest BCUT2D eigenvalue weighted by molar-refractivity contribution is -0.753. The van der Waals surface area contributed by atoms with E-state index in [2.05, 4.69) is 16.2 Å². The Labute approximate surface area is 337 Å². The minimum Gasteiger partial charge on any atom is -0.459 e. The highest BCUT2D eigenvalue weighted by molar-refractivity contribution is 7.10. The number of rotatable bonds is 13. The molecule has 0 spiro atoms. The second kappa shape index (κ2) is 17.9. The van der Waals surface area contributed by atoms with Crippen molar-refractivity contribution < 1.29 is 47.0 Å². The van der Waals surface area contributed by atoms with Crippen molar-refractivity contribution in [1.29, 1.82) is 5.26 Å². The van der Waals surface area contributed by atoms with E-state index in [-0.39, 0.29) is 31.1 Å². The van der Waals surface area contributed by atoms with Crippen molar-refractivity contribution >= 4 is 35.3 Å². The first kappa shape index (κ1) is 42.8. The Balaban J connectivity index is 1.28. The molecule has 18 heteroatoms. The average Bonchev–Trinajstić information content (AvgIpc) is 3.87. The lowest BCUT2D eigenvalue weighted by atomic mass is 9.82. The fourth-order valence-electron chi connectivity index (χ4n) is 5.70. The third kappa shape index (κ3) is 10.3. The smallest absolute Gasteiger partial charge is 0.418 e. The summed E-state index contributed by atoms with van der Waals surface area (Å²) >= 11 is 1.23. The van der Waals surface area contributed by atoms with E-state index < -0.39 is 53.1 Å². The number of benzene rings is 2. The van der Waals surface area contributed by atoms with Crippen LogP contribution in [0.5, 0.6) is 0 Å². The van der Waals surface area contributed by atoms with Gasteiger partial charge in [0.1, 0.15) is 48.4 Å². The summed E-state index contributed by atoms with van der Waals surface area (Å²) in [6.45, 7) is 7.36. The van der Waals surface area contributed by atoms with Crippen molar-refractivity contribution in [3.05, 3.63) is 112 Å². The zero-order valence-corrected chi connectivity index (χ0v) is 33.7. The highest BCUT2D eigenvalue weighted by Gasteiger charge is 2.43. The third-order valence-corrected chi connectivity index (χ3v) is 9.95. The number of halogens is 2. The van der Waals surface area contributed by atoms with Crippen LogP contribution >= 0.6 is 11.3 Å². The lowest BCUT2D eigenvalue weighted by Crippen LogP contribution is -2.42. The van der Waals surface area contributed by atoms with Gasteiger partial charge in [0, 0.05) is 60.3 Å². The molecule has 304 valence electrons. The molecule has 2 unspecified atom stereocenters. The monoisotopic (exact) mass is 817 g/mol. The maximum absolute atomic E-state index is 15.4. The summed E-state index contributed by atoms with van der Waals surface area (Å²) in [6, 6.07) is 14.9. The molecule has 0 saturated carbocycles. The summed E-state index contributed by atoms with van der Waals surface area (Å²) < 4.78 is 49.0. The number of amides is 2. The van der Waals surface area contributed by atoms with Crippen LogP contribution in [0.15, 0.2) is 78.8 Å². The van der Waals surface area contributed by atoms with Gasteiger partial charge in [0.2, 0.25) is 12.6 Å². The fraction of sp³-hybridized carbons (Fsp3) is 0.350. The molecule has 15 nitrogen and oxygen atoms in total. The van der Waals surface area contributed by atoms with E-state index in [0.717, 1.165) is 33.6 Å². The van der Waals surface area contributed by atoms with E-state index >= 15 is 4.39 Å². The van der Waals surface area contributed by atoms with Crippen molar-refractivity contribution in [1.82, 2.24) is 24.6 Å². The number of likely N-dealkylation sites (N-methyl/N-ethyl adjacent to an activating group) is 1. The van der Waals surface area contributed by atoms with Crippen LogP contribution in [-0.2, 0) is 37.8 Å². The molecule has 3 heterocycles. The molecule has 5 aromatic rings. The van der Waals surface area contributed by atoms with Gasteiger partial charge in [-0.2, -0.15) is 9.83 Å². The number of esters is 1. The Kier molecular flexibility index (Phi) is 13.2. The maximum Gasteiger partial charge on any atom is 0.418 e. The maximum atomic E-state index is 15.4. The first-order valence-electron chi connectivity index (χ1n) is 17.9. The minimum atomic E-state index is -2.07. The van der Waals surface area contributed by atoms with Gasteiger partial charge in [-0.05, 0) is 57.2 Å². The highest BCUT2D eigenvalue weighted by Crippen LogP contribution is 2.41. The Hall–Kier alpha value is -6.32. The van der Waals surface area contributed by atoms with Crippen LogP contribution in [0.3, 0.4) is 0 Å². The topological polar surface area (TPSA) is 177 Å². The Morgan fingerprint density at radius 2 is 1.79 bits per heavy atom. The first-order valence-corrected chi connectivity index (χ1v) is 18.8. The van der Waals surface area contributed by atoms with Gasteiger partial charge in [-0.15, -0.1) is 16.0 Å². The normalized spacial score (nSPS) is 13.4. The molecule has 0 aliphatic rings. The van der Waals surface area contributed by atoms with Crippen LogP contribution in [0.25, 0.3) is 11.3 Å². The van der Waals surface area contributed by atoms with Crippen molar-refractivity contribution in [3.63, 3.8) is 0 Å². The van der Waals surface area contributed by atoms with Gasteiger partial charge in [0.25, 0.3) is 6.33 Å². The summed E-state index contributed by atoms with van der Waals surface area (Å²) in [7, 11) is 2.83. The number of aromatic nitrogens is 5. The average molecular weight is 818 g/mol. The van der Waals surface area contributed by atoms with E-state index in [1.165, 1.54) is 53.5 Å². The molecule has 1 N–H and O–H groups in total. The van der Waals surface area contributed by atoms with Gasteiger partial charge in [0.15, 0.2) is 0 Å². The molecule has 0 aliphatic carbocycles. The number of carbonyl (C=O) groups is 3. The largest absolute Gasteiger partial charge is 0.459 e. The molecule has 3 aromatic heterocycles. The van der Waals surface area contributed by atoms with Crippen LogP contribution in [-0.4, -0.2) is 74.2 Å². The zero-order valence-electron chi connectivity index (χ0n) is 32.9. The quantitative estimate of drug-likeness (QED) is 0.0810. The number of pyridine rings is 1. The van der Waals surface area contributed by atoms with Gasteiger partial charge >= 0.3 is 18.2 Å². The summed E-state index contributed by atoms with van der Waals surface area (Å²) in [5.74, 6) is -3.02. The molecule has 0 aliphatic heterocycles. The number of carbonyl (C=O) groups excluding carboxylic acids is 3.